The van der Waals surface area contributed by atoms with Crippen LogP contribution in [0.1, 0.15) is 26.5 Å². The van der Waals surface area contributed by atoms with Crippen molar-refractivity contribution in [3.63, 3.8) is 0 Å². The number of para-hydroxylation sites is 2. The zero-order valence-electron chi connectivity index (χ0n) is 15.2. The van der Waals surface area contributed by atoms with Gasteiger partial charge >= 0.3 is 0 Å². The molecule has 4 heterocycles. The molecular weight excluding hydrogens is 402 g/mol. The molecule has 1 aliphatic heterocycles. The average Bonchev–Trinajstić information content (AvgIpc) is 3.48. The van der Waals surface area contributed by atoms with Crippen LogP contribution in [0.2, 0.25) is 0 Å². The molecule has 0 unspecified atom stereocenters. The minimum Gasteiger partial charge on any atom is -0.457 e. The fourth-order valence-corrected chi connectivity index (χ4v) is 4.61. The van der Waals surface area contributed by atoms with E-state index >= 15 is 0 Å². The minimum atomic E-state index is -0.416. The molecule has 0 radical (unpaired) electrons. The number of thiazole rings is 1. The van der Waals surface area contributed by atoms with Crippen molar-refractivity contribution in [3.05, 3.63) is 86.4 Å². The molecule has 2 amide bonds. The summed E-state index contributed by atoms with van der Waals surface area (Å²) in [6.07, 6.45) is 1.68. The lowest BCUT2D eigenvalue weighted by Crippen LogP contribution is -2.22. The van der Waals surface area contributed by atoms with Gasteiger partial charge in [-0.25, -0.2) is 9.38 Å². The largest absolute Gasteiger partial charge is 0.457 e. The number of rotatable bonds is 2. The zero-order chi connectivity index (χ0) is 20.4. The molecule has 0 spiro atoms. The maximum Gasteiger partial charge on any atom is 0.275 e. The molecule has 7 nitrogen and oxygen atoms in total. The highest BCUT2D eigenvalue weighted by Gasteiger charge is 2.27. The first kappa shape index (κ1) is 16.9. The first-order chi connectivity index (χ1) is 14.6. The smallest absolute Gasteiger partial charge is 0.275 e. The Morgan fingerprint density at radius 2 is 1.80 bits per heavy atom. The van der Waals surface area contributed by atoms with Gasteiger partial charge in [0.25, 0.3) is 17.4 Å². The van der Waals surface area contributed by atoms with E-state index in [2.05, 4.69) is 10.3 Å². The van der Waals surface area contributed by atoms with Crippen LogP contribution in [0.25, 0.3) is 33.4 Å². The number of nitrogens with one attached hydrogen (secondary N) is 1. The van der Waals surface area contributed by atoms with Gasteiger partial charge in [-0.15, -0.1) is 0 Å². The van der Waals surface area contributed by atoms with E-state index < -0.39 is 11.8 Å². The van der Waals surface area contributed by atoms with Crippen LogP contribution >= 0.6 is 11.3 Å². The Hall–Kier alpha value is -4.04. The van der Waals surface area contributed by atoms with Crippen LogP contribution in [0.4, 0.5) is 0 Å². The zero-order valence-corrected chi connectivity index (χ0v) is 16.0. The summed E-state index contributed by atoms with van der Waals surface area (Å²) in [5, 5.41) is 2.27. The lowest BCUT2D eigenvalue weighted by Gasteiger charge is -1.99. The van der Waals surface area contributed by atoms with Gasteiger partial charge in [0, 0.05) is 11.6 Å². The van der Waals surface area contributed by atoms with E-state index in [-0.39, 0.29) is 5.56 Å². The second kappa shape index (κ2) is 5.98. The molecule has 2 aromatic carbocycles. The van der Waals surface area contributed by atoms with E-state index in [9.17, 15) is 14.4 Å². The van der Waals surface area contributed by atoms with E-state index in [4.69, 9.17) is 4.42 Å². The predicted octanol–water partition coefficient (Wildman–Crippen LogP) is 2.60. The number of benzene rings is 2. The summed E-state index contributed by atoms with van der Waals surface area (Å²) in [6, 6.07) is 16.0. The third kappa shape index (κ3) is 2.37. The molecule has 1 N–H and O–H groups in total. The number of carbonyl (C=O) groups is 2. The van der Waals surface area contributed by atoms with E-state index in [1.165, 1.54) is 11.3 Å². The van der Waals surface area contributed by atoms with Crippen molar-refractivity contribution in [2.75, 3.05) is 0 Å². The molecule has 0 atom stereocenters. The molecule has 30 heavy (non-hydrogen) atoms. The Morgan fingerprint density at radius 3 is 2.70 bits per heavy atom. The molecule has 5 aromatic rings. The summed E-state index contributed by atoms with van der Waals surface area (Å²) in [5.74, 6) is 0.237. The van der Waals surface area contributed by atoms with Gasteiger partial charge in [0.15, 0.2) is 4.96 Å². The summed E-state index contributed by atoms with van der Waals surface area (Å²) in [5.41, 5.74) is 2.77. The second-order valence-corrected chi connectivity index (χ2v) is 7.89. The Kier molecular flexibility index (Phi) is 3.36. The van der Waals surface area contributed by atoms with Gasteiger partial charge in [-0.05, 0) is 36.4 Å². The van der Waals surface area contributed by atoms with E-state index in [0.717, 1.165) is 11.0 Å². The predicted molar refractivity (Wildman–Crippen MR) is 112 cm³/mol. The molecule has 0 aliphatic carbocycles. The van der Waals surface area contributed by atoms with Crippen LogP contribution < -0.4 is 15.4 Å². The van der Waals surface area contributed by atoms with Gasteiger partial charge in [-0.2, -0.15) is 0 Å². The number of furan rings is 1. The molecule has 144 valence electrons. The molecule has 0 fully saturated rings. The van der Waals surface area contributed by atoms with Crippen LogP contribution in [-0.4, -0.2) is 21.2 Å². The van der Waals surface area contributed by atoms with Crippen molar-refractivity contribution in [1.29, 1.82) is 0 Å². The lowest BCUT2D eigenvalue weighted by molar-refractivity contribution is 0.0879. The first-order valence-electron chi connectivity index (χ1n) is 9.10. The summed E-state index contributed by atoms with van der Waals surface area (Å²) >= 11 is 1.30. The number of amides is 2. The van der Waals surface area contributed by atoms with Crippen molar-refractivity contribution < 1.29 is 14.0 Å². The van der Waals surface area contributed by atoms with Crippen LogP contribution in [-0.2, 0) is 0 Å². The van der Waals surface area contributed by atoms with Crippen LogP contribution in [0, 0.1) is 0 Å². The van der Waals surface area contributed by atoms with Gasteiger partial charge in [0.05, 0.1) is 22.2 Å². The molecule has 0 saturated heterocycles. The standard InChI is InChI=1S/C22H11N3O4S/c26-19-13-7-5-11(9-14(13)20(27)24-19)17-8-6-12(29-17)10-18-21(28)25-16-4-2-1-3-15(16)23-22(25)30-18/h1-10H,(H,24,26,27). The second-order valence-electron chi connectivity index (χ2n) is 6.88. The SMILES string of the molecule is O=C1NC(=O)c2cc(-c3ccc(C=c4sc5nc6ccccc6n5c4=O)o3)ccc21. The highest BCUT2D eigenvalue weighted by atomic mass is 32.1. The molecule has 3 aromatic heterocycles. The number of fused-ring (bicyclic) bond motifs is 4. The van der Waals surface area contributed by atoms with Crippen molar-refractivity contribution in [1.82, 2.24) is 14.7 Å². The highest BCUT2D eigenvalue weighted by molar-refractivity contribution is 7.15. The minimum absolute atomic E-state index is 0.144. The van der Waals surface area contributed by atoms with Crippen LogP contribution in [0.15, 0.2) is 63.8 Å². The maximum atomic E-state index is 12.9. The summed E-state index contributed by atoms with van der Waals surface area (Å²) < 4.78 is 8.00. The quantitative estimate of drug-likeness (QED) is 0.449. The van der Waals surface area contributed by atoms with Crippen molar-refractivity contribution in [2.45, 2.75) is 0 Å². The highest BCUT2D eigenvalue weighted by Crippen LogP contribution is 2.27. The normalized spacial score (nSPS) is 14.1. The van der Waals surface area contributed by atoms with Gasteiger partial charge in [0.1, 0.15) is 16.1 Å². The number of hydrogen-bond donors (Lipinski definition) is 1. The van der Waals surface area contributed by atoms with E-state index in [1.54, 1.807) is 40.8 Å². The molecular formula is C22H11N3O4S. The lowest BCUT2D eigenvalue weighted by atomic mass is 10.0. The fourth-order valence-electron chi connectivity index (χ4n) is 3.65. The van der Waals surface area contributed by atoms with Crippen LogP contribution in [0.3, 0.4) is 0 Å². The number of imide groups is 1. The monoisotopic (exact) mass is 413 g/mol. The molecule has 6 rings (SSSR count). The van der Waals surface area contributed by atoms with Gasteiger partial charge in [-0.1, -0.05) is 29.5 Å². The van der Waals surface area contributed by atoms with Crippen molar-refractivity contribution >= 4 is 45.2 Å². The molecule has 0 bridgehead atoms. The molecule has 1 aliphatic rings. The third-order valence-electron chi connectivity index (χ3n) is 5.07. The van der Waals surface area contributed by atoms with Gasteiger partial charge < -0.3 is 4.42 Å². The number of carbonyl (C=O) groups excluding carboxylic acids is 2. The number of nitrogens with zero attached hydrogens (tertiary/aromatic N) is 2. The summed E-state index contributed by atoms with van der Waals surface area (Å²) in [4.78, 5) is 41.6. The summed E-state index contributed by atoms with van der Waals surface area (Å²) in [6.45, 7) is 0. The Morgan fingerprint density at radius 1 is 0.967 bits per heavy atom. The maximum absolute atomic E-state index is 12.9. The summed E-state index contributed by atoms with van der Waals surface area (Å²) in [7, 11) is 0. The number of hydrogen-bond acceptors (Lipinski definition) is 6. The Balaban J connectivity index is 1.43. The Bertz CT molecular complexity index is 1640. The average molecular weight is 413 g/mol. The first-order valence-corrected chi connectivity index (χ1v) is 9.92. The third-order valence-corrected chi connectivity index (χ3v) is 6.03. The number of aromatic nitrogens is 2. The Labute approximate surface area is 171 Å². The topological polar surface area (TPSA) is 93.7 Å². The van der Waals surface area contributed by atoms with E-state index in [0.29, 0.717) is 37.7 Å². The molecule has 8 heteroatoms. The van der Waals surface area contributed by atoms with Crippen molar-refractivity contribution in [3.8, 4) is 11.3 Å². The van der Waals surface area contributed by atoms with Gasteiger partial charge in [0.2, 0.25) is 0 Å². The molecule has 0 saturated carbocycles. The van der Waals surface area contributed by atoms with E-state index in [1.807, 2.05) is 24.3 Å². The van der Waals surface area contributed by atoms with Crippen LogP contribution in [0.5, 0.6) is 0 Å². The fraction of sp³-hybridized carbons (Fsp3) is 0. The van der Waals surface area contributed by atoms with Crippen molar-refractivity contribution in [2.24, 2.45) is 0 Å². The van der Waals surface area contributed by atoms with Gasteiger partial charge in [-0.3, -0.25) is 19.7 Å². The number of imidazole rings is 1.